The van der Waals surface area contributed by atoms with E-state index in [-0.39, 0.29) is 0 Å². The van der Waals surface area contributed by atoms with Gasteiger partial charge in [-0.3, -0.25) is 0 Å². The number of nitrogens with zero attached hydrogens (tertiary/aromatic N) is 1. The number of aromatic nitrogens is 1. The minimum absolute atomic E-state index is 0.543. The van der Waals surface area contributed by atoms with Crippen molar-refractivity contribution >= 4 is 6.01 Å². The highest BCUT2D eigenvalue weighted by Crippen LogP contribution is 2.17. The Balaban J connectivity index is 2.09. The molecule has 2 rings (SSSR count). The van der Waals surface area contributed by atoms with Crippen molar-refractivity contribution in [1.29, 1.82) is 0 Å². The maximum atomic E-state index is 5.45. The first-order chi connectivity index (χ1) is 8.31. The number of anilines is 1. The van der Waals surface area contributed by atoms with Gasteiger partial charge >= 0.3 is 0 Å². The van der Waals surface area contributed by atoms with E-state index in [1.54, 1.807) is 13.3 Å². The number of nitrogens with one attached hydrogen (secondary N) is 1. The fraction of sp³-hybridized carbons (Fsp3) is 0.308. The molecule has 0 saturated carbocycles. The Morgan fingerprint density at radius 1 is 1.41 bits per heavy atom. The maximum Gasteiger partial charge on any atom is 0.294 e. The molecule has 0 amide bonds. The number of hydrogen-bond acceptors (Lipinski definition) is 4. The second kappa shape index (κ2) is 5.39. The van der Waals surface area contributed by atoms with E-state index in [2.05, 4.69) is 16.4 Å². The van der Waals surface area contributed by atoms with E-state index in [4.69, 9.17) is 9.15 Å². The molecule has 0 aliphatic heterocycles. The van der Waals surface area contributed by atoms with E-state index in [1.165, 1.54) is 0 Å². The average molecular weight is 232 g/mol. The number of oxazole rings is 1. The van der Waals surface area contributed by atoms with Gasteiger partial charge in [-0.2, -0.15) is 4.98 Å². The summed E-state index contributed by atoms with van der Waals surface area (Å²) in [6.07, 6.45) is 2.41. The van der Waals surface area contributed by atoms with Crippen LogP contribution in [-0.2, 0) is 6.42 Å². The molecule has 17 heavy (non-hydrogen) atoms. The van der Waals surface area contributed by atoms with E-state index in [1.807, 2.05) is 25.1 Å². The molecule has 4 nitrogen and oxygen atoms in total. The summed E-state index contributed by atoms with van der Waals surface area (Å²) >= 11 is 0. The molecule has 0 aliphatic carbocycles. The van der Waals surface area contributed by atoms with Crippen LogP contribution in [0.4, 0.5) is 6.01 Å². The van der Waals surface area contributed by atoms with Crippen molar-refractivity contribution in [3.63, 3.8) is 0 Å². The van der Waals surface area contributed by atoms with Crippen LogP contribution in [0.25, 0.3) is 0 Å². The van der Waals surface area contributed by atoms with Gasteiger partial charge in [0, 0.05) is 13.5 Å². The molecule has 0 spiro atoms. The van der Waals surface area contributed by atoms with Gasteiger partial charge in [0.25, 0.3) is 6.01 Å². The van der Waals surface area contributed by atoms with Crippen molar-refractivity contribution < 1.29 is 9.15 Å². The summed E-state index contributed by atoms with van der Waals surface area (Å²) in [6.45, 7) is 2.65. The summed E-state index contributed by atoms with van der Waals surface area (Å²) in [4.78, 5) is 4.28. The molecule has 2 aromatic rings. The Morgan fingerprint density at radius 2 is 2.29 bits per heavy atom. The fourth-order valence-electron chi connectivity index (χ4n) is 1.62. The molecule has 4 heteroatoms. The van der Waals surface area contributed by atoms with E-state index >= 15 is 0 Å². The number of hydrogen-bond donors (Lipinski definition) is 1. The van der Waals surface area contributed by atoms with Crippen LogP contribution in [0.1, 0.15) is 18.2 Å². The average Bonchev–Trinajstić information content (AvgIpc) is 2.78. The van der Waals surface area contributed by atoms with Crippen LogP contribution in [-0.4, -0.2) is 18.6 Å². The lowest BCUT2D eigenvalue weighted by Crippen LogP contribution is -1.94. The first kappa shape index (κ1) is 11.5. The first-order valence-corrected chi connectivity index (χ1v) is 5.65. The minimum Gasteiger partial charge on any atom is -0.494 e. The number of rotatable bonds is 5. The molecular weight excluding hydrogens is 216 g/mol. The third-order valence-electron chi connectivity index (χ3n) is 2.36. The van der Waals surface area contributed by atoms with Crippen LogP contribution in [0.5, 0.6) is 5.75 Å². The van der Waals surface area contributed by atoms with Gasteiger partial charge < -0.3 is 14.5 Å². The van der Waals surface area contributed by atoms with E-state index in [9.17, 15) is 0 Å². The van der Waals surface area contributed by atoms with Gasteiger partial charge in [-0.05, 0) is 24.6 Å². The quantitative estimate of drug-likeness (QED) is 0.861. The van der Waals surface area contributed by atoms with Crippen molar-refractivity contribution in [3.8, 4) is 5.75 Å². The van der Waals surface area contributed by atoms with E-state index in [0.717, 1.165) is 23.4 Å². The summed E-state index contributed by atoms with van der Waals surface area (Å²) in [5.41, 5.74) is 2.06. The molecule has 0 saturated heterocycles. The summed E-state index contributed by atoms with van der Waals surface area (Å²) in [5.74, 6) is 0.891. The zero-order valence-corrected chi connectivity index (χ0v) is 10.1. The third kappa shape index (κ3) is 3.00. The van der Waals surface area contributed by atoms with Crippen LogP contribution >= 0.6 is 0 Å². The van der Waals surface area contributed by atoms with Crippen LogP contribution in [0.15, 0.2) is 34.9 Å². The topological polar surface area (TPSA) is 47.3 Å². The lowest BCUT2D eigenvalue weighted by Gasteiger charge is -2.04. The first-order valence-electron chi connectivity index (χ1n) is 5.65. The highest BCUT2D eigenvalue weighted by Gasteiger charge is 2.04. The SMILES string of the molecule is CCOc1cccc(Cc2coc(NC)n2)c1. The molecule has 1 heterocycles. The Hall–Kier alpha value is -1.97. The van der Waals surface area contributed by atoms with Crippen LogP contribution in [0, 0.1) is 0 Å². The molecule has 0 aliphatic rings. The Labute approximate surface area is 101 Å². The van der Waals surface area contributed by atoms with Gasteiger partial charge in [-0.15, -0.1) is 0 Å². The maximum absolute atomic E-state index is 5.45. The summed E-state index contributed by atoms with van der Waals surface area (Å²) < 4.78 is 10.7. The molecule has 1 aromatic carbocycles. The van der Waals surface area contributed by atoms with Gasteiger partial charge in [0.1, 0.15) is 12.0 Å². The number of benzene rings is 1. The molecule has 0 radical (unpaired) electrons. The van der Waals surface area contributed by atoms with Gasteiger partial charge in [0.05, 0.1) is 12.3 Å². The predicted octanol–water partition coefficient (Wildman–Crippen LogP) is 2.71. The molecule has 0 atom stereocenters. The summed E-state index contributed by atoms with van der Waals surface area (Å²) in [7, 11) is 1.78. The smallest absolute Gasteiger partial charge is 0.294 e. The normalized spacial score (nSPS) is 10.2. The zero-order chi connectivity index (χ0) is 12.1. The van der Waals surface area contributed by atoms with Crippen molar-refractivity contribution in [2.75, 3.05) is 19.0 Å². The van der Waals surface area contributed by atoms with Crippen molar-refractivity contribution in [1.82, 2.24) is 4.98 Å². The van der Waals surface area contributed by atoms with Crippen molar-refractivity contribution in [2.24, 2.45) is 0 Å². The molecule has 0 bridgehead atoms. The molecule has 1 N–H and O–H groups in total. The van der Waals surface area contributed by atoms with E-state index < -0.39 is 0 Å². The largest absolute Gasteiger partial charge is 0.494 e. The molecular formula is C13H16N2O2. The predicted molar refractivity (Wildman–Crippen MR) is 66.5 cm³/mol. The monoisotopic (exact) mass is 232 g/mol. The molecule has 90 valence electrons. The van der Waals surface area contributed by atoms with Gasteiger partial charge in [-0.25, -0.2) is 0 Å². The van der Waals surface area contributed by atoms with Crippen LogP contribution in [0.2, 0.25) is 0 Å². The Morgan fingerprint density at radius 3 is 3.00 bits per heavy atom. The second-order valence-corrected chi connectivity index (χ2v) is 3.65. The Kier molecular flexibility index (Phi) is 3.65. The Bertz CT molecular complexity index is 480. The molecule has 0 unspecified atom stereocenters. The standard InChI is InChI=1S/C13H16N2O2/c1-3-16-12-6-4-5-10(8-12)7-11-9-17-13(14-2)15-11/h4-6,8-9H,3,7H2,1-2H3,(H,14,15). The molecule has 0 fully saturated rings. The zero-order valence-electron chi connectivity index (χ0n) is 10.1. The number of ether oxygens (including phenoxy) is 1. The van der Waals surface area contributed by atoms with Crippen LogP contribution in [0.3, 0.4) is 0 Å². The minimum atomic E-state index is 0.543. The third-order valence-corrected chi connectivity index (χ3v) is 2.36. The van der Waals surface area contributed by atoms with Gasteiger partial charge in [0.2, 0.25) is 0 Å². The van der Waals surface area contributed by atoms with E-state index in [0.29, 0.717) is 12.6 Å². The summed E-state index contributed by atoms with van der Waals surface area (Å²) in [5, 5.41) is 2.86. The lowest BCUT2D eigenvalue weighted by molar-refractivity contribution is 0.340. The van der Waals surface area contributed by atoms with Crippen molar-refractivity contribution in [2.45, 2.75) is 13.3 Å². The fourth-order valence-corrected chi connectivity index (χ4v) is 1.62. The van der Waals surface area contributed by atoms with Crippen LogP contribution < -0.4 is 10.1 Å². The highest BCUT2D eigenvalue weighted by atomic mass is 16.5. The van der Waals surface area contributed by atoms with Gasteiger partial charge in [0.15, 0.2) is 0 Å². The van der Waals surface area contributed by atoms with Gasteiger partial charge in [-0.1, -0.05) is 12.1 Å². The summed E-state index contributed by atoms with van der Waals surface area (Å²) in [6, 6.07) is 8.56. The highest BCUT2D eigenvalue weighted by molar-refractivity contribution is 5.31. The van der Waals surface area contributed by atoms with Crippen molar-refractivity contribution in [3.05, 3.63) is 41.8 Å². The lowest BCUT2D eigenvalue weighted by atomic mass is 10.1. The second-order valence-electron chi connectivity index (χ2n) is 3.65. The molecule has 1 aromatic heterocycles.